The van der Waals surface area contributed by atoms with Gasteiger partial charge in [0, 0.05) is 25.6 Å². The van der Waals surface area contributed by atoms with Crippen molar-refractivity contribution in [3.05, 3.63) is 24.3 Å². The van der Waals surface area contributed by atoms with Gasteiger partial charge in [0.2, 0.25) is 5.91 Å². The van der Waals surface area contributed by atoms with Crippen molar-refractivity contribution in [1.29, 1.82) is 0 Å². The van der Waals surface area contributed by atoms with Crippen molar-refractivity contribution >= 4 is 23.5 Å². The van der Waals surface area contributed by atoms with Gasteiger partial charge in [-0.1, -0.05) is 0 Å². The van der Waals surface area contributed by atoms with E-state index in [1.54, 1.807) is 31.2 Å². The number of ether oxygens (including phenoxy) is 1. The highest BCUT2D eigenvalue weighted by atomic mass is 16.5. The summed E-state index contributed by atoms with van der Waals surface area (Å²) in [5, 5.41) is 23.8. The molecule has 1 rings (SSSR count). The van der Waals surface area contributed by atoms with E-state index in [4.69, 9.17) is 9.84 Å². The minimum absolute atomic E-state index is 0.0369. The van der Waals surface area contributed by atoms with Crippen LogP contribution in [0.15, 0.2) is 24.3 Å². The number of carboxylic acids is 1. The van der Waals surface area contributed by atoms with E-state index >= 15 is 0 Å². The summed E-state index contributed by atoms with van der Waals surface area (Å²) in [7, 11) is 0. The number of hydrogen-bond acceptors (Lipinski definition) is 6. The van der Waals surface area contributed by atoms with Crippen LogP contribution in [0.2, 0.25) is 0 Å². The topological polar surface area (TPSA) is 128 Å². The number of carbonyl (C=O) groups excluding carboxylic acids is 2. The normalized spacial score (nSPS) is 11.3. The fraction of sp³-hybridized carbons (Fsp3) is 0.438. The Hall–Kier alpha value is -2.81. The van der Waals surface area contributed by atoms with E-state index in [0.717, 1.165) is 0 Å². The summed E-state index contributed by atoms with van der Waals surface area (Å²) in [5.74, 6) is -1.43. The van der Waals surface area contributed by atoms with E-state index in [0.29, 0.717) is 22.9 Å². The Morgan fingerprint density at radius 2 is 1.88 bits per heavy atom. The molecule has 25 heavy (non-hydrogen) atoms. The zero-order chi connectivity index (χ0) is 18.8. The molecule has 0 saturated heterocycles. The van der Waals surface area contributed by atoms with Gasteiger partial charge in [0.15, 0.2) is 6.17 Å². The number of benzene rings is 1. The Morgan fingerprint density at radius 1 is 1.24 bits per heavy atom. The van der Waals surface area contributed by atoms with Gasteiger partial charge in [0.05, 0.1) is 6.61 Å². The number of aliphatic carboxylic acids is 1. The summed E-state index contributed by atoms with van der Waals surface area (Å²) < 4.78 is 5.41. The van der Waals surface area contributed by atoms with Gasteiger partial charge in [0.25, 0.3) is 5.91 Å². The summed E-state index contributed by atoms with van der Waals surface area (Å²) in [4.78, 5) is 33.7. The van der Waals surface area contributed by atoms with Crippen molar-refractivity contribution in [2.24, 2.45) is 0 Å². The number of hydroxylamine groups is 2. The van der Waals surface area contributed by atoms with Gasteiger partial charge in [-0.3, -0.25) is 19.6 Å². The summed E-state index contributed by atoms with van der Waals surface area (Å²) >= 11 is 0. The predicted molar refractivity (Wildman–Crippen MR) is 89.2 cm³/mol. The molecule has 0 fully saturated rings. The second-order valence-corrected chi connectivity index (χ2v) is 5.20. The Kier molecular flexibility index (Phi) is 8.21. The van der Waals surface area contributed by atoms with Crippen molar-refractivity contribution < 1.29 is 29.4 Å². The van der Waals surface area contributed by atoms with Crippen LogP contribution in [0, 0.1) is 0 Å². The lowest BCUT2D eigenvalue weighted by Crippen LogP contribution is -2.51. The van der Waals surface area contributed by atoms with E-state index in [1.165, 1.54) is 6.92 Å². The van der Waals surface area contributed by atoms with Crippen LogP contribution in [0.25, 0.3) is 0 Å². The summed E-state index contributed by atoms with van der Waals surface area (Å²) in [5.41, 5.74) is 0.537. The molecule has 0 aromatic heterocycles. The van der Waals surface area contributed by atoms with E-state index in [2.05, 4.69) is 10.6 Å². The summed E-state index contributed by atoms with van der Waals surface area (Å²) in [6.45, 7) is 3.23. The number of rotatable bonds is 10. The van der Waals surface area contributed by atoms with Gasteiger partial charge in [-0.25, -0.2) is 5.06 Å². The predicted octanol–water partition coefficient (Wildman–Crippen LogP) is 1.04. The zero-order valence-corrected chi connectivity index (χ0v) is 14.2. The van der Waals surface area contributed by atoms with Gasteiger partial charge in [-0.2, -0.15) is 0 Å². The maximum atomic E-state index is 12.0. The molecule has 0 saturated carbocycles. The number of amides is 2. The van der Waals surface area contributed by atoms with Crippen molar-refractivity contribution in [1.82, 2.24) is 10.4 Å². The van der Waals surface area contributed by atoms with Gasteiger partial charge < -0.3 is 20.5 Å². The molecule has 4 N–H and O–H groups in total. The molecule has 0 aliphatic heterocycles. The SMILES string of the molecule is CCN(O)C(=O)C(NC(C)=O)Nc1ccc(OCCCC(=O)O)cc1. The highest BCUT2D eigenvalue weighted by Gasteiger charge is 2.23. The lowest BCUT2D eigenvalue weighted by molar-refractivity contribution is -0.166. The smallest absolute Gasteiger partial charge is 0.303 e. The molecule has 9 heteroatoms. The van der Waals surface area contributed by atoms with Crippen LogP contribution in [0.3, 0.4) is 0 Å². The van der Waals surface area contributed by atoms with E-state index in [9.17, 15) is 19.6 Å². The molecule has 0 spiro atoms. The molecule has 0 heterocycles. The molecule has 0 aliphatic carbocycles. The van der Waals surface area contributed by atoms with Gasteiger partial charge >= 0.3 is 5.97 Å². The average Bonchev–Trinajstić information content (AvgIpc) is 2.57. The number of carboxylic acid groups (broad SMARTS) is 1. The third-order valence-corrected chi connectivity index (χ3v) is 3.12. The first-order valence-corrected chi connectivity index (χ1v) is 7.82. The molecule has 0 aliphatic rings. The first-order valence-electron chi connectivity index (χ1n) is 7.82. The van der Waals surface area contributed by atoms with Gasteiger partial charge in [-0.05, 0) is 37.6 Å². The standard InChI is InChI=1S/C16H23N3O6/c1-3-19(24)16(23)15(17-11(2)20)18-12-6-8-13(9-7-12)25-10-4-5-14(21)22/h6-9,15,18,24H,3-5,10H2,1-2H3,(H,17,20)(H,21,22). The molecule has 1 unspecified atom stereocenters. The molecule has 0 bridgehead atoms. The molecular weight excluding hydrogens is 330 g/mol. The van der Waals surface area contributed by atoms with Crippen LogP contribution in [0.1, 0.15) is 26.7 Å². The lowest BCUT2D eigenvalue weighted by Gasteiger charge is -2.23. The van der Waals surface area contributed by atoms with Gasteiger partial charge in [-0.15, -0.1) is 0 Å². The minimum atomic E-state index is -1.11. The molecule has 0 radical (unpaired) electrons. The zero-order valence-electron chi connectivity index (χ0n) is 14.2. The monoisotopic (exact) mass is 353 g/mol. The molecule has 138 valence electrons. The summed E-state index contributed by atoms with van der Waals surface area (Å²) in [6.07, 6.45) is -0.669. The maximum absolute atomic E-state index is 12.0. The van der Waals surface area contributed by atoms with Crippen LogP contribution >= 0.6 is 0 Å². The first kappa shape index (κ1) is 20.2. The molecule has 9 nitrogen and oxygen atoms in total. The Labute approximate surface area is 145 Å². The second-order valence-electron chi connectivity index (χ2n) is 5.20. The molecule has 2 amide bonds. The van der Waals surface area contributed by atoms with Crippen molar-refractivity contribution in [3.8, 4) is 5.75 Å². The molecule has 1 aromatic rings. The van der Waals surface area contributed by atoms with Crippen molar-refractivity contribution in [2.45, 2.75) is 32.9 Å². The molecular formula is C16H23N3O6. The Morgan fingerprint density at radius 3 is 2.40 bits per heavy atom. The first-order chi connectivity index (χ1) is 11.8. The van der Waals surface area contributed by atoms with Crippen molar-refractivity contribution in [3.63, 3.8) is 0 Å². The van der Waals surface area contributed by atoms with E-state index in [1.807, 2.05) is 0 Å². The Bertz CT molecular complexity index is 590. The fourth-order valence-electron chi connectivity index (χ4n) is 1.90. The molecule has 1 aromatic carbocycles. The quantitative estimate of drug-likeness (QED) is 0.214. The van der Waals surface area contributed by atoms with Crippen LogP contribution in [0.4, 0.5) is 5.69 Å². The largest absolute Gasteiger partial charge is 0.494 e. The van der Waals surface area contributed by atoms with Gasteiger partial charge in [0.1, 0.15) is 5.75 Å². The Balaban J connectivity index is 2.64. The fourth-order valence-corrected chi connectivity index (χ4v) is 1.90. The number of anilines is 1. The van der Waals surface area contributed by atoms with Crippen LogP contribution in [-0.4, -0.2) is 52.5 Å². The highest BCUT2D eigenvalue weighted by Crippen LogP contribution is 2.17. The minimum Gasteiger partial charge on any atom is -0.494 e. The number of hydrogen-bond donors (Lipinski definition) is 4. The summed E-state index contributed by atoms with van der Waals surface area (Å²) in [6, 6.07) is 6.58. The number of likely N-dealkylation sites (N-methyl/N-ethyl adjacent to an activating group) is 1. The third-order valence-electron chi connectivity index (χ3n) is 3.12. The van der Waals surface area contributed by atoms with Crippen LogP contribution in [-0.2, 0) is 14.4 Å². The van der Waals surface area contributed by atoms with Crippen LogP contribution in [0.5, 0.6) is 5.75 Å². The average molecular weight is 353 g/mol. The van der Waals surface area contributed by atoms with E-state index in [-0.39, 0.29) is 19.6 Å². The number of nitrogens with one attached hydrogen (secondary N) is 2. The van der Waals surface area contributed by atoms with Crippen LogP contribution < -0.4 is 15.4 Å². The molecule has 1 atom stereocenters. The van der Waals surface area contributed by atoms with Crippen molar-refractivity contribution in [2.75, 3.05) is 18.5 Å². The lowest BCUT2D eigenvalue weighted by atomic mass is 10.2. The van der Waals surface area contributed by atoms with E-state index < -0.39 is 23.9 Å². The second kappa shape index (κ2) is 10.1. The number of carbonyl (C=O) groups is 3. The highest BCUT2D eigenvalue weighted by molar-refractivity contribution is 5.88. The third kappa shape index (κ3) is 7.53. The maximum Gasteiger partial charge on any atom is 0.303 e. The number of nitrogens with zero attached hydrogens (tertiary/aromatic N) is 1.